The first-order valence-electron chi connectivity index (χ1n) is 8.33. The van der Waals surface area contributed by atoms with E-state index in [1.54, 1.807) is 36.4 Å². The van der Waals surface area contributed by atoms with Gasteiger partial charge in [-0.2, -0.15) is 0 Å². The van der Waals surface area contributed by atoms with Crippen molar-refractivity contribution in [2.75, 3.05) is 27.8 Å². The van der Waals surface area contributed by atoms with Gasteiger partial charge in [-0.05, 0) is 35.4 Å². The Labute approximate surface area is 160 Å². The lowest BCUT2D eigenvalue weighted by molar-refractivity contribution is -0.135. The van der Waals surface area contributed by atoms with E-state index in [-0.39, 0.29) is 24.7 Å². The standard InChI is InChI=1S/C20H16O8/c1-23-19(21)17(11-3-5-13-15(7-11)27-9-25-13)18(20(22)24-2)12-4-6-14-16(8-12)28-10-26-14/h3-8H,9-10H2,1-2H3/b18-17+. The highest BCUT2D eigenvalue weighted by Gasteiger charge is 2.28. The molecule has 0 saturated heterocycles. The Hall–Kier alpha value is -3.68. The van der Waals surface area contributed by atoms with Crippen LogP contribution in [0.15, 0.2) is 36.4 Å². The number of hydrogen-bond acceptors (Lipinski definition) is 8. The zero-order valence-electron chi connectivity index (χ0n) is 15.1. The van der Waals surface area contributed by atoms with Gasteiger partial charge in [0.2, 0.25) is 13.6 Å². The molecule has 2 aliphatic heterocycles. The summed E-state index contributed by atoms with van der Waals surface area (Å²) in [4.78, 5) is 25.3. The molecule has 8 heteroatoms. The second kappa shape index (κ2) is 7.15. The first kappa shape index (κ1) is 17.7. The van der Waals surface area contributed by atoms with Crippen LogP contribution in [-0.4, -0.2) is 39.7 Å². The van der Waals surface area contributed by atoms with Crippen molar-refractivity contribution in [2.24, 2.45) is 0 Å². The summed E-state index contributed by atoms with van der Waals surface area (Å²) >= 11 is 0. The predicted octanol–water partition coefficient (Wildman–Crippen LogP) is 2.40. The Morgan fingerprint density at radius 2 is 1.07 bits per heavy atom. The van der Waals surface area contributed by atoms with Gasteiger partial charge in [0.25, 0.3) is 0 Å². The van der Waals surface area contributed by atoms with Gasteiger partial charge in [-0.15, -0.1) is 0 Å². The fourth-order valence-corrected chi connectivity index (χ4v) is 3.04. The highest BCUT2D eigenvalue weighted by atomic mass is 16.7. The summed E-state index contributed by atoms with van der Waals surface area (Å²) in [6.45, 7) is 0.171. The van der Waals surface area contributed by atoms with Crippen LogP contribution in [-0.2, 0) is 19.1 Å². The monoisotopic (exact) mass is 384 g/mol. The van der Waals surface area contributed by atoms with Crippen molar-refractivity contribution in [2.45, 2.75) is 0 Å². The Balaban J connectivity index is 1.94. The molecule has 0 unspecified atom stereocenters. The number of benzene rings is 2. The minimum absolute atomic E-state index is 0.0338. The molecule has 0 radical (unpaired) electrons. The molecular weight excluding hydrogens is 368 g/mol. The average Bonchev–Trinajstić information content (AvgIpc) is 3.38. The van der Waals surface area contributed by atoms with Gasteiger partial charge < -0.3 is 28.4 Å². The van der Waals surface area contributed by atoms with Crippen molar-refractivity contribution >= 4 is 23.1 Å². The number of esters is 2. The number of ether oxygens (including phenoxy) is 6. The van der Waals surface area contributed by atoms with Gasteiger partial charge in [-0.25, -0.2) is 9.59 Å². The van der Waals surface area contributed by atoms with E-state index in [1.165, 1.54) is 14.2 Å². The highest BCUT2D eigenvalue weighted by molar-refractivity contribution is 6.37. The normalized spacial score (nSPS) is 14.4. The molecule has 4 rings (SSSR count). The van der Waals surface area contributed by atoms with Gasteiger partial charge in [-0.1, -0.05) is 12.1 Å². The van der Waals surface area contributed by atoms with Crippen LogP contribution in [0.4, 0.5) is 0 Å². The SMILES string of the molecule is COC(=O)/C(=C(/C(=O)OC)c1ccc2c(c1)OCO2)c1ccc2c(c1)OCO2. The molecule has 0 atom stereocenters. The summed E-state index contributed by atoms with van der Waals surface area (Å²) in [7, 11) is 2.48. The molecule has 0 fully saturated rings. The first-order chi connectivity index (χ1) is 13.6. The van der Waals surface area contributed by atoms with Crippen molar-refractivity contribution in [1.29, 1.82) is 0 Å². The second-order valence-electron chi connectivity index (χ2n) is 5.87. The molecule has 0 aromatic heterocycles. The van der Waals surface area contributed by atoms with E-state index in [4.69, 9.17) is 28.4 Å². The summed E-state index contributed by atoms with van der Waals surface area (Å²) in [6, 6.07) is 9.85. The van der Waals surface area contributed by atoms with Gasteiger partial charge in [0, 0.05) is 0 Å². The molecular formula is C20H16O8. The Morgan fingerprint density at radius 3 is 1.46 bits per heavy atom. The summed E-state index contributed by atoms with van der Waals surface area (Å²) < 4.78 is 31.3. The van der Waals surface area contributed by atoms with Crippen LogP contribution in [0.3, 0.4) is 0 Å². The molecule has 0 saturated carbocycles. The topological polar surface area (TPSA) is 89.5 Å². The molecule has 2 heterocycles. The lowest BCUT2D eigenvalue weighted by Crippen LogP contribution is -2.13. The van der Waals surface area contributed by atoms with E-state index < -0.39 is 11.9 Å². The van der Waals surface area contributed by atoms with Crippen LogP contribution < -0.4 is 18.9 Å². The van der Waals surface area contributed by atoms with E-state index in [0.29, 0.717) is 34.1 Å². The maximum Gasteiger partial charge on any atom is 0.339 e. The molecule has 0 spiro atoms. The maximum absolute atomic E-state index is 12.7. The fraction of sp³-hybridized carbons (Fsp3) is 0.200. The molecule has 0 aliphatic carbocycles. The van der Waals surface area contributed by atoms with Crippen LogP contribution in [0.2, 0.25) is 0 Å². The Morgan fingerprint density at radius 1 is 0.679 bits per heavy atom. The van der Waals surface area contributed by atoms with Crippen molar-refractivity contribution in [3.05, 3.63) is 47.5 Å². The van der Waals surface area contributed by atoms with Crippen molar-refractivity contribution < 1.29 is 38.0 Å². The predicted molar refractivity (Wildman–Crippen MR) is 96.0 cm³/mol. The zero-order valence-corrected chi connectivity index (χ0v) is 15.1. The quantitative estimate of drug-likeness (QED) is 0.451. The van der Waals surface area contributed by atoms with Crippen LogP contribution in [0, 0.1) is 0 Å². The number of fused-ring (bicyclic) bond motifs is 2. The van der Waals surface area contributed by atoms with Gasteiger partial charge in [0.15, 0.2) is 23.0 Å². The number of rotatable bonds is 4. The van der Waals surface area contributed by atoms with E-state index >= 15 is 0 Å². The molecule has 28 heavy (non-hydrogen) atoms. The number of carbonyl (C=O) groups excluding carboxylic acids is 2. The number of methoxy groups -OCH3 is 2. The summed E-state index contributed by atoms with van der Waals surface area (Å²) in [5.41, 5.74) is 0.918. The third-order valence-corrected chi connectivity index (χ3v) is 4.35. The minimum Gasteiger partial charge on any atom is -0.465 e. The van der Waals surface area contributed by atoms with Crippen molar-refractivity contribution in [3.8, 4) is 23.0 Å². The lowest BCUT2D eigenvalue weighted by atomic mass is 9.94. The molecule has 8 nitrogen and oxygen atoms in total. The highest BCUT2D eigenvalue weighted by Crippen LogP contribution is 2.39. The zero-order chi connectivity index (χ0) is 19.7. The second-order valence-corrected chi connectivity index (χ2v) is 5.87. The molecule has 2 aromatic rings. The van der Waals surface area contributed by atoms with E-state index in [1.807, 2.05) is 0 Å². The van der Waals surface area contributed by atoms with Gasteiger partial charge >= 0.3 is 11.9 Å². The van der Waals surface area contributed by atoms with Gasteiger partial charge in [0.05, 0.1) is 25.4 Å². The van der Waals surface area contributed by atoms with E-state index in [9.17, 15) is 9.59 Å². The van der Waals surface area contributed by atoms with Crippen LogP contribution in [0.5, 0.6) is 23.0 Å². The van der Waals surface area contributed by atoms with Crippen LogP contribution in [0.1, 0.15) is 11.1 Å². The van der Waals surface area contributed by atoms with E-state index in [2.05, 4.69) is 0 Å². The smallest absolute Gasteiger partial charge is 0.339 e. The first-order valence-corrected chi connectivity index (χ1v) is 8.33. The van der Waals surface area contributed by atoms with Crippen LogP contribution in [0.25, 0.3) is 11.1 Å². The third kappa shape index (κ3) is 2.98. The summed E-state index contributed by atoms with van der Waals surface area (Å²) in [5.74, 6) is 0.641. The molecule has 2 aliphatic rings. The number of carbonyl (C=O) groups is 2. The third-order valence-electron chi connectivity index (χ3n) is 4.35. The molecule has 0 bridgehead atoms. The average molecular weight is 384 g/mol. The van der Waals surface area contributed by atoms with E-state index in [0.717, 1.165) is 0 Å². The van der Waals surface area contributed by atoms with Crippen molar-refractivity contribution in [3.63, 3.8) is 0 Å². The molecule has 144 valence electrons. The van der Waals surface area contributed by atoms with Gasteiger partial charge in [0.1, 0.15) is 0 Å². The Bertz CT molecular complexity index is 912. The molecule has 0 amide bonds. The minimum atomic E-state index is -0.697. The Kier molecular flexibility index (Phi) is 4.52. The van der Waals surface area contributed by atoms with Gasteiger partial charge in [-0.3, -0.25) is 0 Å². The molecule has 2 aromatic carbocycles. The van der Waals surface area contributed by atoms with Crippen molar-refractivity contribution in [1.82, 2.24) is 0 Å². The van der Waals surface area contributed by atoms with Crippen LogP contribution >= 0.6 is 0 Å². The fourth-order valence-electron chi connectivity index (χ4n) is 3.04. The summed E-state index contributed by atoms with van der Waals surface area (Å²) in [6.07, 6.45) is 0. The number of hydrogen-bond donors (Lipinski definition) is 0. The summed E-state index contributed by atoms with van der Waals surface area (Å²) in [5, 5.41) is 0. The lowest BCUT2D eigenvalue weighted by Gasteiger charge is -2.14. The molecule has 0 N–H and O–H groups in total. The largest absolute Gasteiger partial charge is 0.465 e. The maximum atomic E-state index is 12.7.